The van der Waals surface area contributed by atoms with Crippen LogP contribution < -0.4 is 15.6 Å². The van der Waals surface area contributed by atoms with Gasteiger partial charge >= 0.3 is 5.97 Å². The van der Waals surface area contributed by atoms with Crippen LogP contribution in [0.1, 0.15) is 51.2 Å². The number of hydrogen-bond donors (Lipinski definition) is 1. The molecule has 4 rings (SSSR count). The van der Waals surface area contributed by atoms with Gasteiger partial charge < -0.3 is 14.8 Å². The molecule has 1 N–H and O–H groups in total. The third-order valence-corrected chi connectivity index (χ3v) is 6.08. The zero-order valence-electron chi connectivity index (χ0n) is 18.8. The van der Waals surface area contributed by atoms with Gasteiger partial charge in [-0.25, -0.2) is 9.78 Å². The van der Waals surface area contributed by atoms with E-state index < -0.39 is 5.97 Å². The summed E-state index contributed by atoms with van der Waals surface area (Å²) in [6, 6.07) is 14.5. The number of amides is 1. The van der Waals surface area contributed by atoms with E-state index >= 15 is 0 Å². The van der Waals surface area contributed by atoms with E-state index in [4.69, 9.17) is 9.47 Å². The molecular formula is C24H22N4O5S. The monoisotopic (exact) mass is 478 g/mol. The fourth-order valence-corrected chi connectivity index (χ4v) is 4.08. The normalized spacial score (nSPS) is 10.9. The van der Waals surface area contributed by atoms with Gasteiger partial charge in [-0.1, -0.05) is 43.4 Å². The molecule has 0 aliphatic rings. The van der Waals surface area contributed by atoms with Gasteiger partial charge in [0, 0.05) is 17.7 Å². The minimum atomic E-state index is -0.609. The SMILES string of the molecule is COc1ccccc1C(=O)Nc1cccc(C(=O)OCc2cc(=O)n3nc(C(C)C)sc3n2)c1. The summed E-state index contributed by atoms with van der Waals surface area (Å²) < 4.78 is 11.8. The van der Waals surface area contributed by atoms with Crippen LogP contribution in [0, 0.1) is 0 Å². The number of nitrogens with zero attached hydrogens (tertiary/aromatic N) is 3. The third-order valence-electron chi connectivity index (χ3n) is 4.87. The molecule has 10 heteroatoms. The second-order valence-corrected chi connectivity index (χ2v) is 8.67. The Morgan fingerprint density at radius 2 is 1.91 bits per heavy atom. The Morgan fingerprint density at radius 3 is 2.68 bits per heavy atom. The van der Waals surface area contributed by atoms with Crippen molar-refractivity contribution >= 4 is 33.9 Å². The molecule has 0 spiro atoms. The molecule has 34 heavy (non-hydrogen) atoms. The first-order valence-corrected chi connectivity index (χ1v) is 11.3. The number of carbonyl (C=O) groups excluding carboxylic acids is 2. The highest BCUT2D eigenvalue weighted by molar-refractivity contribution is 7.16. The summed E-state index contributed by atoms with van der Waals surface area (Å²) in [5.74, 6) is -0.366. The first-order chi connectivity index (χ1) is 16.4. The molecule has 0 aliphatic heterocycles. The Hall–Kier alpha value is -4.05. The molecule has 2 aromatic carbocycles. The van der Waals surface area contributed by atoms with Crippen LogP contribution in [0.4, 0.5) is 5.69 Å². The van der Waals surface area contributed by atoms with Crippen LogP contribution in [-0.2, 0) is 11.3 Å². The Kier molecular flexibility index (Phi) is 6.69. The van der Waals surface area contributed by atoms with Gasteiger partial charge in [0.15, 0.2) is 0 Å². The Bertz CT molecular complexity index is 1430. The van der Waals surface area contributed by atoms with Gasteiger partial charge in [0.05, 0.1) is 23.9 Å². The summed E-state index contributed by atoms with van der Waals surface area (Å²) in [4.78, 5) is 42.4. The number of anilines is 1. The molecule has 0 bridgehead atoms. The summed E-state index contributed by atoms with van der Waals surface area (Å²) in [5, 5.41) is 7.82. The van der Waals surface area contributed by atoms with Gasteiger partial charge in [-0.05, 0) is 30.3 Å². The maximum atomic E-state index is 12.6. The van der Waals surface area contributed by atoms with Crippen molar-refractivity contribution in [2.45, 2.75) is 26.4 Å². The lowest BCUT2D eigenvalue weighted by Gasteiger charge is -2.10. The molecule has 0 radical (unpaired) electrons. The van der Waals surface area contributed by atoms with E-state index in [1.165, 1.54) is 35.1 Å². The number of aromatic nitrogens is 3. The molecule has 4 aromatic rings. The molecule has 0 saturated carbocycles. The van der Waals surface area contributed by atoms with Crippen LogP contribution in [0.25, 0.3) is 4.96 Å². The average molecular weight is 479 g/mol. The average Bonchev–Trinajstić information content (AvgIpc) is 3.28. The molecule has 0 aliphatic carbocycles. The number of esters is 1. The number of ether oxygens (including phenoxy) is 2. The van der Waals surface area contributed by atoms with E-state index in [9.17, 15) is 14.4 Å². The van der Waals surface area contributed by atoms with E-state index in [1.54, 1.807) is 42.5 Å². The fraction of sp³-hybridized carbons (Fsp3) is 0.208. The maximum Gasteiger partial charge on any atom is 0.338 e. The summed E-state index contributed by atoms with van der Waals surface area (Å²) in [6.07, 6.45) is 0. The lowest BCUT2D eigenvalue weighted by Crippen LogP contribution is -2.17. The quantitative estimate of drug-likeness (QED) is 0.401. The van der Waals surface area contributed by atoms with E-state index in [0.717, 1.165) is 5.01 Å². The van der Waals surface area contributed by atoms with Gasteiger partial charge in [0.1, 0.15) is 17.4 Å². The zero-order valence-corrected chi connectivity index (χ0v) is 19.6. The highest BCUT2D eigenvalue weighted by atomic mass is 32.1. The van der Waals surface area contributed by atoms with Gasteiger partial charge in [-0.2, -0.15) is 9.61 Å². The Morgan fingerprint density at radius 1 is 1.12 bits per heavy atom. The third kappa shape index (κ3) is 4.96. The zero-order chi connectivity index (χ0) is 24.2. The number of rotatable bonds is 7. The van der Waals surface area contributed by atoms with Crippen molar-refractivity contribution in [3.63, 3.8) is 0 Å². The van der Waals surface area contributed by atoms with Crippen molar-refractivity contribution in [1.29, 1.82) is 0 Å². The number of fused-ring (bicyclic) bond motifs is 1. The molecule has 174 valence electrons. The summed E-state index contributed by atoms with van der Waals surface area (Å²) >= 11 is 1.32. The van der Waals surface area contributed by atoms with Crippen molar-refractivity contribution < 1.29 is 19.1 Å². The van der Waals surface area contributed by atoms with Crippen LogP contribution in [0.5, 0.6) is 5.75 Å². The Balaban J connectivity index is 1.45. The highest BCUT2D eigenvalue weighted by Gasteiger charge is 2.15. The second-order valence-electron chi connectivity index (χ2n) is 7.69. The van der Waals surface area contributed by atoms with E-state index in [2.05, 4.69) is 15.4 Å². The molecule has 0 fully saturated rings. The largest absolute Gasteiger partial charge is 0.496 e. The predicted octanol–water partition coefficient (Wildman–Crippen LogP) is 3.89. The molecule has 0 saturated heterocycles. The predicted molar refractivity (Wildman–Crippen MR) is 128 cm³/mol. The maximum absolute atomic E-state index is 12.6. The van der Waals surface area contributed by atoms with Gasteiger partial charge in [-0.3, -0.25) is 9.59 Å². The number of methoxy groups -OCH3 is 1. The molecule has 2 heterocycles. The van der Waals surface area contributed by atoms with E-state index in [-0.39, 0.29) is 29.6 Å². The number of nitrogens with one attached hydrogen (secondary N) is 1. The van der Waals surface area contributed by atoms with Crippen LogP contribution in [-0.4, -0.2) is 33.6 Å². The molecule has 9 nitrogen and oxygen atoms in total. The summed E-state index contributed by atoms with van der Waals surface area (Å²) in [6.45, 7) is 3.80. The van der Waals surface area contributed by atoms with Crippen LogP contribution >= 0.6 is 11.3 Å². The van der Waals surface area contributed by atoms with E-state index in [0.29, 0.717) is 27.7 Å². The van der Waals surface area contributed by atoms with Gasteiger partial charge in [-0.15, -0.1) is 0 Å². The smallest absolute Gasteiger partial charge is 0.338 e. The molecule has 1 amide bonds. The molecule has 0 unspecified atom stereocenters. The number of benzene rings is 2. The van der Waals surface area contributed by atoms with Gasteiger partial charge in [0.25, 0.3) is 11.5 Å². The minimum Gasteiger partial charge on any atom is -0.496 e. The second kappa shape index (κ2) is 9.84. The molecule has 2 aromatic heterocycles. The lowest BCUT2D eigenvalue weighted by molar-refractivity contribution is 0.0467. The summed E-state index contributed by atoms with van der Waals surface area (Å²) in [5.41, 5.74) is 1.04. The summed E-state index contributed by atoms with van der Waals surface area (Å²) in [7, 11) is 1.49. The standard InChI is InChI=1S/C24H22N4O5S/c1-14(2)22-27-28-20(29)12-17(26-24(28)34-22)13-33-23(31)15-7-6-8-16(11-15)25-21(30)18-9-4-5-10-19(18)32-3/h4-12,14H,13H2,1-3H3,(H,25,30). The van der Waals surface area contributed by atoms with E-state index in [1.807, 2.05) is 13.8 Å². The highest BCUT2D eigenvalue weighted by Crippen LogP contribution is 2.21. The molecular weight excluding hydrogens is 456 g/mol. The number of hydrogen-bond acceptors (Lipinski definition) is 8. The van der Waals surface area contributed by atoms with Crippen molar-refractivity contribution in [3.05, 3.63) is 86.8 Å². The van der Waals surface area contributed by atoms with Crippen molar-refractivity contribution in [1.82, 2.24) is 14.6 Å². The van der Waals surface area contributed by atoms with Crippen LogP contribution in [0.3, 0.4) is 0 Å². The fourth-order valence-electron chi connectivity index (χ4n) is 3.16. The van der Waals surface area contributed by atoms with Crippen LogP contribution in [0.2, 0.25) is 0 Å². The molecule has 0 atom stereocenters. The first kappa shape index (κ1) is 23.1. The van der Waals surface area contributed by atoms with Crippen molar-refractivity contribution in [2.75, 3.05) is 12.4 Å². The lowest BCUT2D eigenvalue weighted by atomic mass is 10.1. The Labute approximate surface area is 199 Å². The first-order valence-electron chi connectivity index (χ1n) is 10.5. The number of carbonyl (C=O) groups is 2. The van der Waals surface area contributed by atoms with Crippen molar-refractivity contribution in [2.24, 2.45) is 0 Å². The topological polar surface area (TPSA) is 112 Å². The number of para-hydroxylation sites is 1. The van der Waals surface area contributed by atoms with Crippen LogP contribution in [0.15, 0.2) is 59.4 Å². The van der Waals surface area contributed by atoms with Gasteiger partial charge in [0.2, 0.25) is 4.96 Å². The van der Waals surface area contributed by atoms with Crippen molar-refractivity contribution in [3.8, 4) is 5.75 Å². The minimum absolute atomic E-state index is 0.169.